The van der Waals surface area contributed by atoms with Gasteiger partial charge in [0.2, 0.25) is 0 Å². The van der Waals surface area contributed by atoms with Gasteiger partial charge in [0.1, 0.15) is 0 Å². The summed E-state index contributed by atoms with van der Waals surface area (Å²) in [5.74, 6) is 2.87. The standard InChI is InChI=1S/C12H17O2/c1-5-14-11-7-6-10(9(2)3)8-12(11)13-4/h6-8H,5H2,1-4H3. The molecule has 1 aromatic carbocycles. The van der Waals surface area contributed by atoms with Crippen molar-refractivity contribution in [2.45, 2.75) is 20.8 Å². The van der Waals surface area contributed by atoms with Gasteiger partial charge in [0.05, 0.1) is 13.7 Å². The maximum atomic E-state index is 5.43. The smallest absolute Gasteiger partial charge is 0.161 e. The molecule has 14 heavy (non-hydrogen) atoms. The van der Waals surface area contributed by atoms with Crippen LogP contribution < -0.4 is 9.47 Å². The van der Waals surface area contributed by atoms with Crippen LogP contribution in [0.1, 0.15) is 26.3 Å². The van der Waals surface area contributed by atoms with Gasteiger partial charge in [-0.25, -0.2) is 0 Å². The number of ether oxygens (including phenoxy) is 2. The van der Waals surface area contributed by atoms with E-state index in [9.17, 15) is 0 Å². The normalized spacial score (nSPS) is 10.4. The Kier molecular flexibility index (Phi) is 3.81. The van der Waals surface area contributed by atoms with Gasteiger partial charge >= 0.3 is 0 Å². The van der Waals surface area contributed by atoms with E-state index in [4.69, 9.17) is 9.47 Å². The molecule has 0 aliphatic carbocycles. The minimum absolute atomic E-state index is 0.657. The van der Waals surface area contributed by atoms with Crippen molar-refractivity contribution in [2.75, 3.05) is 13.7 Å². The Labute approximate surface area is 85.8 Å². The average molecular weight is 193 g/mol. The first-order chi connectivity index (χ1) is 6.69. The second-order valence-electron chi connectivity index (χ2n) is 3.30. The maximum absolute atomic E-state index is 5.43. The number of benzene rings is 1. The number of rotatable bonds is 4. The largest absolute Gasteiger partial charge is 0.493 e. The van der Waals surface area contributed by atoms with Crippen molar-refractivity contribution >= 4 is 0 Å². The third-order valence-corrected chi connectivity index (χ3v) is 2.04. The van der Waals surface area contributed by atoms with Gasteiger partial charge in [-0.3, -0.25) is 0 Å². The lowest BCUT2D eigenvalue weighted by molar-refractivity contribution is 0.311. The van der Waals surface area contributed by atoms with Crippen molar-refractivity contribution in [3.8, 4) is 11.5 Å². The first kappa shape index (κ1) is 10.9. The van der Waals surface area contributed by atoms with Gasteiger partial charge in [-0.05, 0) is 30.5 Å². The fourth-order valence-corrected chi connectivity index (χ4v) is 1.25. The second kappa shape index (κ2) is 4.89. The molecule has 0 saturated heterocycles. The van der Waals surface area contributed by atoms with Gasteiger partial charge in [-0.15, -0.1) is 0 Å². The SMILES string of the molecule is CCOc1ccc([C](C)C)cc1OC. The molecule has 2 heteroatoms. The van der Waals surface area contributed by atoms with Crippen LogP contribution in [0.25, 0.3) is 0 Å². The summed E-state index contributed by atoms with van der Waals surface area (Å²) < 4.78 is 10.7. The molecule has 0 aliphatic heterocycles. The summed E-state index contributed by atoms with van der Waals surface area (Å²) in [6, 6.07) is 5.99. The van der Waals surface area contributed by atoms with Crippen LogP contribution in [0.4, 0.5) is 0 Å². The zero-order valence-corrected chi connectivity index (χ0v) is 9.26. The lowest BCUT2D eigenvalue weighted by Gasteiger charge is -2.12. The zero-order chi connectivity index (χ0) is 10.6. The maximum Gasteiger partial charge on any atom is 0.161 e. The summed E-state index contributed by atoms with van der Waals surface area (Å²) in [4.78, 5) is 0. The molecule has 0 fully saturated rings. The van der Waals surface area contributed by atoms with Crippen LogP contribution >= 0.6 is 0 Å². The lowest BCUT2D eigenvalue weighted by Crippen LogP contribution is -1.97. The highest BCUT2D eigenvalue weighted by Gasteiger charge is 2.07. The minimum Gasteiger partial charge on any atom is -0.493 e. The van der Waals surface area contributed by atoms with Gasteiger partial charge < -0.3 is 9.47 Å². The highest BCUT2D eigenvalue weighted by molar-refractivity contribution is 5.46. The van der Waals surface area contributed by atoms with Crippen molar-refractivity contribution in [2.24, 2.45) is 0 Å². The van der Waals surface area contributed by atoms with Crippen molar-refractivity contribution < 1.29 is 9.47 Å². The summed E-state index contributed by atoms with van der Waals surface area (Å²) in [5.41, 5.74) is 1.19. The topological polar surface area (TPSA) is 18.5 Å². The van der Waals surface area contributed by atoms with E-state index >= 15 is 0 Å². The highest BCUT2D eigenvalue weighted by atomic mass is 16.5. The van der Waals surface area contributed by atoms with Crippen LogP contribution in [0.3, 0.4) is 0 Å². The van der Waals surface area contributed by atoms with E-state index in [0.717, 1.165) is 11.5 Å². The van der Waals surface area contributed by atoms with Crippen LogP contribution in [-0.4, -0.2) is 13.7 Å². The van der Waals surface area contributed by atoms with E-state index in [1.54, 1.807) is 7.11 Å². The Hall–Kier alpha value is -1.18. The molecule has 0 aromatic heterocycles. The Bertz CT molecular complexity index is 292. The Morgan fingerprint density at radius 1 is 1.21 bits per heavy atom. The van der Waals surface area contributed by atoms with Gasteiger partial charge in [-0.1, -0.05) is 19.9 Å². The van der Waals surface area contributed by atoms with E-state index in [-0.39, 0.29) is 0 Å². The zero-order valence-electron chi connectivity index (χ0n) is 9.26. The molecule has 0 bridgehead atoms. The summed E-state index contributed by atoms with van der Waals surface area (Å²) in [5, 5.41) is 0. The number of hydrogen-bond acceptors (Lipinski definition) is 2. The molecule has 0 heterocycles. The molecule has 2 nitrogen and oxygen atoms in total. The molecule has 0 unspecified atom stereocenters. The van der Waals surface area contributed by atoms with Gasteiger partial charge in [-0.2, -0.15) is 0 Å². The molecule has 0 atom stereocenters. The van der Waals surface area contributed by atoms with Crippen LogP contribution in [0.2, 0.25) is 0 Å². The molecular weight excluding hydrogens is 176 g/mol. The molecular formula is C12H17O2. The van der Waals surface area contributed by atoms with Gasteiger partial charge in [0.25, 0.3) is 0 Å². The van der Waals surface area contributed by atoms with Crippen LogP contribution in [0.15, 0.2) is 18.2 Å². The van der Waals surface area contributed by atoms with Crippen molar-refractivity contribution in [1.29, 1.82) is 0 Å². The fourth-order valence-electron chi connectivity index (χ4n) is 1.25. The molecule has 1 aromatic rings. The molecule has 1 rings (SSSR count). The quantitative estimate of drug-likeness (QED) is 0.731. The first-order valence-corrected chi connectivity index (χ1v) is 4.80. The first-order valence-electron chi connectivity index (χ1n) is 4.80. The number of methoxy groups -OCH3 is 1. The Morgan fingerprint density at radius 3 is 2.43 bits per heavy atom. The van der Waals surface area contributed by atoms with Crippen LogP contribution in [0, 0.1) is 5.92 Å². The summed E-state index contributed by atoms with van der Waals surface area (Å²) in [6.07, 6.45) is 0. The second-order valence-corrected chi connectivity index (χ2v) is 3.30. The van der Waals surface area contributed by atoms with Crippen molar-refractivity contribution in [3.63, 3.8) is 0 Å². The predicted octanol–water partition coefficient (Wildman–Crippen LogP) is 3.06. The summed E-state index contributed by atoms with van der Waals surface area (Å²) in [7, 11) is 1.66. The summed E-state index contributed by atoms with van der Waals surface area (Å²) >= 11 is 0. The van der Waals surface area contributed by atoms with Crippen molar-refractivity contribution in [3.05, 3.63) is 29.7 Å². The third-order valence-electron chi connectivity index (χ3n) is 2.04. The van der Waals surface area contributed by atoms with E-state index in [0.29, 0.717) is 6.61 Å². The van der Waals surface area contributed by atoms with Gasteiger partial charge in [0, 0.05) is 0 Å². The fraction of sp³-hybridized carbons (Fsp3) is 0.417. The van der Waals surface area contributed by atoms with E-state index in [2.05, 4.69) is 13.8 Å². The minimum atomic E-state index is 0.657. The Balaban J connectivity index is 2.98. The van der Waals surface area contributed by atoms with Crippen LogP contribution in [0.5, 0.6) is 11.5 Å². The van der Waals surface area contributed by atoms with E-state index in [1.165, 1.54) is 11.5 Å². The van der Waals surface area contributed by atoms with Crippen molar-refractivity contribution in [1.82, 2.24) is 0 Å². The molecule has 0 saturated carbocycles. The molecule has 0 spiro atoms. The summed E-state index contributed by atoms with van der Waals surface area (Å²) in [6.45, 7) is 6.78. The molecule has 0 aliphatic rings. The average Bonchev–Trinajstić information content (AvgIpc) is 2.18. The third kappa shape index (κ3) is 2.41. The molecule has 0 amide bonds. The molecule has 1 radical (unpaired) electrons. The van der Waals surface area contributed by atoms with E-state index in [1.807, 2.05) is 25.1 Å². The Morgan fingerprint density at radius 2 is 1.93 bits per heavy atom. The molecule has 77 valence electrons. The predicted molar refractivity (Wildman–Crippen MR) is 57.9 cm³/mol. The van der Waals surface area contributed by atoms with E-state index < -0.39 is 0 Å². The van der Waals surface area contributed by atoms with Gasteiger partial charge in [0.15, 0.2) is 11.5 Å². The molecule has 0 N–H and O–H groups in total. The highest BCUT2D eigenvalue weighted by Crippen LogP contribution is 2.30. The number of hydrogen-bond donors (Lipinski definition) is 0. The monoisotopic (exact) mass is 193 g/mol. The van der Waals surface area contributed by atoms with Crippen LogP contribution in [-0.2, 0) is 0 Å². The lowest BCUT2D eigenvalue weighted by atomic mass is 10.0.